The summed E-state index contributed by atoms with van der Waals surface area (Å²) in [7, 11) is 0. The first-order valence-electron chi connectivity index (χ1n) is 8.86. The number of benzene rings is 1. The van der Waals surface area contributed by atoms with E-state index in [1.54, 1.807) is 38.9 Å². The van der Waals surface area contributed by atoms with Gasteiger partial charge in [-0.05, 0) is 23.8 Å². The first-order chi connectivity index (χ1) is 13.7. The second-order valence-corrected chi connectivity index (χ2v) is 6.59. The molecule has 142 valence electrons. The molecule has 2 aromatic heterocycles. The third-order valence-corrected chi connectivity index (χ3v) is 4.69. The summed E-state index contributed by atoms with van der Waals surface area (Å²) in [6, 6.07) is 5.72. The van der Waals surface area contributed by atoms with Gasteiger partial charge in [-0.3, -0.25) is 4.79 Å². The van der Waals surface area contributed by atoms with E-state index in [2.05, 4.69) is 20.5 Å². The maximum atomic E-state index is 12.3. The number of hydrogen-bond donors (Lipinski definition) is 0. The highest BCUT2D eigenvalue weighted by Gasteiger charge is 2.31. The molecule has 0 bridgehead atoms. The monoisotopic (exact) mass is 379 g/mol. The van der Waals surface area contributed by atoms with Crippen molar-refractivity contribution in [2.45, 2.75) is 12.6 Å². The third-order valence-electron chi connectivity index (χ3n) is 4.69. The zero-order valence-corrected chi connectivity index (χ0v) is 14.9. The number of hydrogen-bond acceptors (Lipinski definition) is 7. The van der Waals surface area contributed by atoms with E-state index < -0.39 is 0 Å². The number of rotatable bonds is 5. The molecule has 2 aliphatic rings. The fourth-order valence-electron chi connectivity index (χ4n) is 3.13. The summed E-state index contributed by atoms with van der Waals surface area (Å²) in [4.78, 5) is 15.7. The van der Waals surface area contributed by atoms with Crippen molar-refractivity contribution in [3.8, 4) is 11.5 Å². The first kappa shape index (κ1) is 16.5. The normalized spacial score (nSPS) is 15.9. The average Bonchev–Trinajstić information content (AvgIpc) is 3.41. The highest BCUT2D eigenvalue weighted by Crippen LogP contribution is 2.32. The molecule has 0 N–H and O–H groups in total. The number of nitrogens with zero attached hydrogens (tertiary/aromatic N) is 7. The molecule has 0 aliphatic carbocycles. The van der Waals surface area contributed by atoms with Crippen LogP contribution >= 0.6 is 0 Å². The Morgan fingerprint density at radius 1 is 1.18 bits per heavy atom. The zero-order chi connectivity index (χ0) is 18.9. The maximum absolute atomic E-state index is 12.3. The summed E-state index contributed by atoms with van der Waals surface area (Å²) in [5.41, 5.74) is 1.67. The van der Waals surface area contributed by atoms with Gasteiger partial charge in [0.1, 0.15) is 12.2 Å². The van der Waals surface area contributed by atoms with Crippen molar-refractivity contribution in [1.29, 1.82) is 0 Å². The van der Waals surface area contributed by atoms with Gasteiger partial charge in [0.2, 0.25) is 12.7 Å². The lowest BCUT2D eigenvalue weighted by Crippen LogP contribution is -2.50. The molecule has 4 heterocycles. The van der Waals surface area contributed by atoms with Crippen LogP contribution in [0.4, 0.5) is 0 Å². The van der Waals surface area contributed by atoms with Gasteiger partial charge in [-0.15, -0.1) is 5.10 Å². The summed E-state index contributed by atoms with van der Waals surface area (Å²) in [6.45, 7) is 1.92. The van der Waals surface area contributed by atoms with Crippen molar-refractivity contribution in [2.75, 3.05) is 19.9 Å². The molecule has 0 saturated carbocycles. The second-order valence-electron chi connectivity index (χ2n) is 6.59. The Hall–Kier alpha value is -3.69. The van der Waals surface area contributed by atoms with Crippen LogP contribution in [0.15, 0.2) is 42.9 Å². The molecule has 10 nitrogen and oxygen atoms in total. The van der Waals surface area contributed by atoms with Crippen LogP contribution in [0.5, 0.6) is 11.5 Å². The largest absolute Gasteiger partial charge is 0.454 e. The number of likely N-dealkylation sites (tertiary alicyclic amines) is 1. The number of aromatic nitrogens is 6. The molecule has 1 saturated heterocycles. The van der Waals surface area contributed by atoms with E-state index in [-0.39, 0.29) is 18.7 Å². The van der Waals surface area contributed by atoms with Crippen molar-refractivity contribution in [3.05, 3.63) is 54.1 Å². The van der Waals surface area contributed by atoms with E-state index >= 15 is 0 Å². The molecule has 3 aromatic rings. The van der Waals surface area contributed by atoms with Crippen LogP contribution in [0.25, 0.3) is 6.08 Å². The van der Waals surface area contributed by atoms with Crippen molar-refractivity contribution < 1.29 is 14.3 Å². The predicted octanol–water partition coefficient (Wildman–Crippen LogP) is 0.743. The second kappa shape index (κ2) is 6.80. The van der Waals surface area contributed by atoms with Crippen LogP contribution in [0.1, 0.15) is 17.3 Å². The van der Waals surface area contributed by atoms with Crippen molar-refractivity contribution >= 4 is 12.0 Å². The number of carbonyl (C=O) groups excluding carboxylic acids is 1. The van der Waals surface area contributed by atoms with Gasteiger partial charge < -0.3 is 14.4 Å². The van der Waals surface area contributed by atoms with E-state index in [0.717, 1.165) is 17.0 Å². The topological polar surface area (TPSA) is 100 Å². The van der Waals surface area contributed by atoms with E-state index in [4.69, 9.17) is 9.47 Å². The smallest absolute Gasteiger partial charge is 0.246 e. The predicted molar refractivity (Wildman–Crippen MR) is 96.4 cm³/mol. The molecule has 2 aliphatic heterocycles. The van der Waals surface area contributed by atoms with Crippen LogP contribution in [0.3, 0.4) is 0 Å². The van der Waals surface area contributed by atoms with Crippen molar-refractivity contribution in [1.82, 2.24) is 34.9 Å². The molecule has 0 spiro atoms. The van der Waals surface area contributed by atoms with Crippen LogP contribution < -0.4 is 9.47 Å². The first-order valence-corrected chi connectivity index (χ1v) is 8.86. The SMILES string of the molecule is O=C(/C=C/c1ccc2c(c1)OCO2)N1CC(n2cc(Cn3nccn3)nn2)C1. The summed E-state index contributed by atoms with van der Waals surface area (Å²) >= 11 is 0. The quantitative estimate of drug-likeness (QED) is 0.603. The lowest BCUT2D eigenvalue weighted by Gasteiger charge is -2.38. The van der Waals surface area contributed by atoms with Crippen LogP contribution in [-0.4, -0.2) is 60.7 Å². The Kier molecular flexibility index (Phi) is 4.00. The van der Waals surface area contributed by atoms with Crippen molar-refractivity contribution in [3.63, 3.8) is 0 Å². The van der Waals surface area contributed by atoms with Crippen LogP contribution in [0.2, 0.25) is 0 Å². The number of amides is 1. The summed E-state index contributed by atoms with van der Waals surface area (Å²) < 4.78 is 12.4. The fraction of sp³-hybridized carbons (Fsp3) is 0.278. The van der Waals surface area contributed by atoms with Gasteiger partial charge in [0.25, 0.3) is 0 Å². The Labute approximate surface area is 160 Å². The van der Waals surface area contributed by atoms with E-state index in [1.165, 1.54) is 0 Å². The Bertz CT molecular complexity index is 1020. The molecular formula is C18H17N7O3. The summed E-state index contributed by atoms with van der Waals surface area (Å²) in [5.74, 6) is 1.39. The van der Waals surface area contributed by atoms with Gasteiger partial charge in [-0.1, -0.05) is 11.3 Å². The maximum Gasteiger partial charge on any atom is 0.246 e. The van der Waals surface area contributed by atoms with Crippen LogP contribution in [0, 0.1) is 0 Å². The molecule has 5 rings (SSSR count). The van der Waals surface area contributed by atoms with E-state index in [0.29, 0.717) is 25.4 Å². The Morgan fingerprint density at radius 2 is 2.00 bits per heavy atom. The fourth-order valence-corrected chi connectivity index (χ4v) is 3.13. The van der Waals surface area contributed by atoms with E-state index in [1.807, 2.05) is 24.4 Å². The highest BCUT2D eigenvalue weighted by molar-refractivity contribution is 5.92. The van der Waals surface area contributed by atoms with Gasteiger partial charge in [-0.2, -0.15) is 15.0 Å². The van der Waals surface area contributed by atoms with Crippen LogP contribution in [-0.2, 0) is 11.3 Å². The standard InChI is InChI=1S/C18H17N7O3/c26-18(4-2-13-1-3-16-17(7-13)28-12-27-16)23-10-15(11-23)24-8-14(21-22-24)9-25-19-5-6-20-25/h1-8,15H,9-12H2/b4-2+. The molecular weight excluding hydrogens is 362 g/mol. The van der Waals surface area contributed by atoms with Gasteiger partial charge in [-0.25, -0.2) is 4.68 Å². The molecule has 0 radical (unpaired) electrons. The van der Waals surface area contributed by atoms with Gasteiger partial charge in [0, 0.05) is 19.2 Å². The van der Waals surface area contributed by atoms with Gasteiger partial charge in [0.05, 0.1) is 24.6 Å². The van der Waals surface area contributed by atoms with Gasteiger partial charge >= 0.3 is 0 Å². The molecule has 1 aromatic carbocycles. The Morgan fingerprint density at radius 3 is 2.86 bits per heavy atom. The third kappa shape index (κ3) is 3.20. The molecule has 1 fully saturated rings. The highest BCUT2D eigenvalue weighted by atomic mass is 16.7. The molecule has 28 heavy (non-hydrogen) atoms. The van der Waals surface area contributed by atoms with Crippen molar-refractivity contribution in [2.24, 2.45) is 0 Å². The molecule has 0 atom stereocenters. The molecule has 0 unspecified atom stereocenters. The van der Waals surface area contributed by atoms with Gasteiger partial charge in [0.15, 0.2) is 11.5 Å². The molecule has 10 heteroatoms. The average molecular weight is 379 g/mol. The number of ether oxygens (including phenoxy) is 2. The summed E-state index contributed by atoms with van der Waals surface area (Å²) in [5, 5.41) is 16.4. The minimum absolute atomic E-state index is 0.0324. The zero-order valence-electron chi connectivity index (χ0n) is 14.9. The summed E-state index contributed by atoms with van der Waals surface area (Å²) in [6.07, 6.45) is 8.47. The Balaban J connectivity index is 1.15. The number of carbonyl (C=O) groups is 1. The molecule has 1 amide bonds. The lowest BCUT2D eigenvalue weighted by molar-refractivity contribution is -0.131. The van der Waals surface area contributed by atoms with E-state index in [9.17, 15) is 4.79 Å². The minimum Gasteiger partial charge on any atom is -0.454 e. The minimum atomic E-state index is -0.0324. The number of fused-ring (bicyclic) bond motifs is 1. The lowest BCUT2D eigenvalue weighted by atomic mass is 10.1.